The van der Waals surface area contributed by atoms with Gasteiger partial charge in [-0.15, -0.1) is 0 Å². The summed E-state index contributed by atoms with van der Waals surface area (Å²) < 4.78 is 31.2. The van der Waals surface area contributed by atoms with E-state index in [1.54, 1.807) is 31.2 Å². The van der Waals surface area contributed by atoms with Gasteiger partial charge in [-0.2, -0.15) is 4.89 Å². The number of benzene rings is 2. The van der Waals surface area contributed by atoms with E-state index in [4.69, 9.17) is 11.4 Å². The van der Waals surface area contributed by atoms with Crippen molar-refractivity contribution >= 4 is 14.0 Å². The number of esters is 1. The minimum Gasteiger partial charge on any atom is -0.387 e. The second kappa shape index (κ2) is 11.3. The van der Waals surface area contributed by atoms with Crippen molar-refractivity contribution in [3.63, 3.8) is 0 Å². The SMILES string of the molecule is C#COC(=O)CC(O)C(c1c(-c2ccc(F)c(C)c2)cc(-c2ccccc2)nc1C(C)C)[P+](=O)O. The normalized spacial score (nSPS) is 13.1. The predicted octanol–water partition coefficient (Wildman–Crippen LogP) is 5.65. The van der Waals surface area contributed by atoms with Crippen LogP contribution in [0.25, 0.3) is 22.4 Å². The highest BCUT2D eigenvalue weighted by Gasteiger charge is 2.44. The van der Waals surface area contributed by atoms with Crippen molar-refractivity contribution in [2.45, 2.75) is 44.9 Å². The van der Waals surface area contributed by atoms with Crippen molar-refractivity contribution in [1.29, 1.82) is 0 Å². The molecule has 0 saturated heterocycles. The molecule has 6 nitrogen and oxygen atoms in total. The molecule has 1 heterocycles. The van der Waals surface area contributed by atoms with E-state index in [-0.39, 0.29) is 5.92 Å². The number of nitrogens with zero attached hydrogens (tertiary/aromatic N) is 1. The van der Waals surface area contributed by atoms with Crippen LogP contribution >= 0.6 is 8.03 Å². The number of rotatable bonds is 8. The molecule has 0 aliphatic carbocycles. The predicted molar refractivity (Wildman–Crippen MR) is 132 cm³/mol. The average molecular weight is 494 g/mol. The first-order valence-electron chi connectivity index (χ1n) is 11.0. The number of carbonyl (C=O) groups is 1. The molecule has 35 heavy (non-hydrogen) atoms. The number of hydrogen-bond donors (Lipinski definition) is 2. The number of terminal acetylenes is 1. The standard InChI is InChI=1S/C27H25FNO5P/c1-5-34-24(31)15-23(30)27(35(32)33)25-20(19-11-12-21(28)17(4)13-19)14-22(29-26(25)16(2)3)18-9-7-6-8-10-18/h1,6-14,16,23,27,30H,15H2,2-4H3/p+1. The Morgan fingerprint density at radius 2 is 1.86 bits per heavy atom. The van der Waals surface area contributed by atoms with Crippen molar-refractivity contribution in [2.24, 2.45) is 0 Å². The molecule has 8 heteroatoms. The van der Waals surface area contributed by atoms with Crippen molar-refractivity contribution in [2.75, 3.05) is 0 Å². The first-order valence-corrected chi connectivity index (χ1v) is 12.3. The lowest BCUT2D eigenvalue weighted by molar-refractivity contribution is -0.139. The molecule has 0 fully saturated rings. The Balaban J connectivity index is 2.33. The molecular formula is C27H26FNO5P+. The Labute approximate surface area is 204 Å². The Morgan fingerprint density at radius 3 is 2.43 bits per heavy atom. The summed E-state index contributed by atoms with van der Waals surface area (Å²) in [5.41, 5.74) is 2.35. The van der Waals surface area contributed by atoms with Gasteiger partial charge in [0.05, 0.1) is 17.8 Å². The molecule has 0 saturated carbocycles. The number of aliphatic hydroxyl groups is 1. The van der Waals surface area contributed by atoms with Gasteiger partial charge in [0.25, 0.3) is 0 Å². The van der Waals surface area contributed by atoms with Crippen LogP contribution in [0, 0.1) is 25.3 Å². The number of aryl methyl sites for hydroxylation is 1. The maximum atomic E-state index is 14.1. The molecule has 3 unspecified atom stereocenters. The third-order valence-corrected chi connectivity index (χ3v) is 6.70. The number of ether oxygens (including phenoxy) is 1. The highest BCUT2D eigenvalue weighted by molar-refractivity contribution is 7.38. The maximum Gasteiger partial charge on any atom is 0.516 e. The summed E-state index contributed by atoms with van der Waals surface area (Å²) in [5, 5.41) is 10.9. The lowest BCUT2D eigenvalue weighted by Crippen LogP contribution is -2.23. The van der Waals surface area contributed by atoms with Crippen LogP contribution in [0.15, 0.2) is 54.6 Å². The Bertz CT molecular complexity index is 1290. The summed E-state index contributed by atoms with van der Waals surface area (Å²) in [6, 6.07) is 15.7. The minimum atomic E-state index is -3.02. The Kier molecular flexibility index (Phi) is 8.48. The molecule has 3 rings (SSSR count). The lowest BCUT2D eigenvalue weighted by Gasteiger charge is -2.22. The molecule has 0 bridgehead atoms. The monoisotopic (exact) mass is 494 g/mol. The van der Waals surface area contributed by atoms with Gasteiger partial charge < -0.3 is 9.84 Å². The molecule has 2 aromatic carbocycles. The van der Waals surface area contributed by atoms with Gasteiger partial charge in [0, 0.05) is 11.1 Å². The maximum absolute atomic E-state index is 14.1. The average Bonchev–Trinajstić information content (AvgIpc) is 2.81. The van der Waals surface area contributed by atoms with Crippen LogP contribution in [-0.4, -0.2) is 27.1 Å². The molecule has 1 aromatic heterocycles. The summed E-state index contributed by atoms with van der Waals surface area (Å²) in [4.78, 5) is 27.1. The van der Waals surface area contributed by atoms with Crippen molar-refractivity contribution < 1.29 is 28.5 Å². The van der Waals surface area contributed by atoms with Gasteiger partial charge in [-0.25, -0.2) is 4.39 Å². The van der Waals surface area contributed by atoms with Gasteiger partial charge >= 0.3 is 14.0 Å². The molecule has 3 aromatic rings. The topological polar surface area (TPSA) is 96.7 Å². The van der Waals surface area contributed by atoms with E-state index in [1.165, 1.54) is 6.07 Å². The Morgan fingerprint density at radius 1 is 1.17 bits per heavy atom. The van der Waals surface area contributed by atoms with Crippen LogP contribution < -0.4 is 0 Å². The second-order valence-corrected chi connectivity index (χ2v) is 9.61. The number of aliphatic hydroxyl groups excluding tert-OH is 1. The van der Waals surface area contributed by atoms with Crippen LogP contribution in [0.5, 0.6) is 0 Å². The largest absolute Gasteiger partial charge is 0.516 e. The fourth-order valence-electron chi connectivity index (χ4n) is 3.97. The van der Waals surface area contributed by atoms with Gasteiger partial charge in [-0.05, 0) is 52.3 Å². The van der Waals surface area contributed by atoms with Gasteiger partial charge in [-0.1, -0.05) is 56.7 Å². The molecule has 0 aliphatic heterocycles. The van der Waals surface area contributed by atoms with E-state index < -0.39 is 38.0 Å². The zero-order valence-electron chi connectivity index (χ0n) is 19.6. The zero-order valence-corrected chi connectivity index (χ0v) is 20.5. The summed E-state index contributed by atoms with van der Waals surface area (Å²) in [6.07, 6.45) is 4.57. The number of hydrogen-bond acceptors (Lipinski definition) is 5. The number of aromatic nitrogens is 1. The van der Waals surface area contributed by atoms with E-state index in [0.717, 1.165) is 5.56 Å². The molecule has 0 amide bonds. The van der Waals surface area contributed by atoms with Crippen molar-refractivity contribution in [3.8, 4) is 34.9 Å². The zero-order chi connectivity index (χ0) is 25.7. The summed E-state index contributed by atoms with van der Waals surface area (Å²) in [5.74, 6) is -1.50. The van der Waals surface area contributed by atoms with Crippen LogP contribution in [-0.2, 0) is 14.1 Å². The third-order valence-electron chi connectivity index (χ3n) is 5.62. The van der Waals surface area contributed by atoms with Gasteiger partial charge in [0.15, 0.2) is 0 Å². The molecule has 3 atom stereocenters. The highest BCUT2D eigenvalue weighted by atomic mass is 31.1. The van der Waals surface area contributed by atoms with Crippen LogP contribution in [0.1, 0.15) is 48.7 Å². The number of pyridine rings is 1. The van der Waals surface area contributed by atoms with Gasteiger partial charge in [-0.3, -0.25) is 9.78 Å². The minimum absolute atomic E-state index is 0.212. The van der Waals surface area contributed by atoms with Crippen LogP contribution in [0.2, 0.25) is 0 Å². The van der Waals surface area contributed by atoms with E-state index in [0.29, 0.717) is 33.6 Å². The third kappa shape index (κ3) is 5.98. The van der Waals surface area contributed by atoms with Crippen LogP contribution in [0.3, 0.4) is 0 Å². The van der Waals surface area contributed by atoms with Gasteiger partial charge in [0.1, 0.15) is 18.0 Å². The Hall–Kier alpha value is -3.43. The molecule has 0 aliphatic rings. The number of halogens is 1. The first kappa shape index (κ1) is 26.2. The van der Waals surface area contributed by atoms with Gasteiger partial charge in [0.2, 0.25) is 5.66 Å². The summed E-state index contributed by atoms with van der Waals surface area (Å²) in [7, 11) is -3.02. The number of carbonyl (C=O) groups excluding carboxylic acids is 1. The first-order chi connectivity index (χ1) is 16.6. The van der Waals surface area contributed by atoms with E-state index >= 15 is 0 Å². The summed E-state index contributed by atoms with van der Waals surface area (Å²) in [6.45, 7) is 5.37. The molecule has 0 spiro atoms. The second-order valence-electron chi connectivity index (χ2n) is 8.45. The van der Waals surface area contributed by atoms with E-state index in [2.05, 4.69) is 4.74 Å². The van der Waals surface area contributed by atoms with E-state index in [9.17, 15) is 23.7 Å². The fraction of sp³-hybridized carbons (Fsp3) is 0.259. The summed E-state index contributed by atoms with van der Waals surface area (Å²) >= 11 is 0. The lowest BCUT2D eigenvalue weighted by atomic mass is 9.88. The smallest absolute Gasteiger partial charge is 0.387 e. The fourth-order valence-corrected chi connectivity index (χ4v) is 4.87. The molecule has 0 radical (unpaired) electrons. The van der Waals surface area contributed by atoms with Crippen molar-refractivity contribution in [3.05, 3.63) is 77.2 Å². The van der Waals surface area contributed by atoms with Crippen LogP contribution in [0.4, 0.5) is 4.39 Å². The highest BCUT2D eigenvalue weighted by Crippen LogP contribution is 2.48. The quantitative estimate of drug-likeness (QED) is 0.239. The molecular weight excluding hydrogens is 468 g/mol. The molecule has 2 N–H and O–H groups in total. The molecule has 180 valence electrons. The van der Waals surface area contributed by atoms with E-state index in [1.807, 2.05) is 44.2 Å². The van der Waals surface area contributed by atoms with Crippen molar-refractivity contribution in [1.82, 2.24) is 4.98 Å².